The van der Waals surface area contributed by atoms with Gasteiger partial charge in [-0.1, -0.05) is 11.6 Å². The number of nitrogens with two attached hydrogens (primary N) is 1. The van der Waals surface area contributed by atoms with Gasteiger partial charge in [0.2, 0.25) is 10.0 Å². The Hall–Kier alpha value is -0.800. The largest absolute Gasteiger partial charge is 0.495 e. The van der Waals surface area contributed by atoms with Gasteiger partial charge in [0, 0.05) is 21.6 Å². The van der Waals surface area contributed by atoms with Gasteiger partial charge >= 0.3 is 0 Å². The second kappa shape index (κ2) is 6.53. The van der Waals surface area contributed by atoms with Crippen LogP contribution in [0.1, 0.15) is 4.88 Å². The summed E-state index contributed by atoms with van der Waals surface area (Å²) in [6, 6.07) is 6.36. The maximum absolute atomic E-state index is 12.4. The van der Waals surface area contributed by atoms with Crippen molar-refractivity contribution in [3.63, 3.8) is 0 Å². The third-order valence-corrected chi connectivity index (χ3v) is 5.98. The summed E-state index contributed by atoms with van der Waals surface area (Å²) < 4.78 is 33.5. The normalized spacial score (nSPS) is 11.6. The highest BCUT2D eigenvalue weighted by atomic mass is 79.9. The topological polar surface area (TPSA) is 81.4 Å². The fourth-order valence-corrected chi connectivity index (χ4v) is 4.24. The lowest BCUT2D eigenvalue weighted by Gasteiger charge is -2.12. The number of benzene rings is 1. The van der Waals surface area contributed by atoms with Crippen LogP contribution in [0.15, 0.2) is 33.6 Å². The number of hydrogen-bond donors (Lipinski definition) is 2. The van der Waals surface area contributed by atoms with Gasteiger partial charge in [-0.3, -0.25) is 0 Å². The van der Waals surface area contributed by atoms with Crippen molar-refractivity contribution in [2.75, 3.05) is 12.8 Å². The zero-order valence-electron chi connectivity index (χ0n) is 10.9. The summed E-state index contributed by atoms with van der Waals surface area (Å²) in [6.45, 7) is 0.152. The number of thiophene rings is 1. The number of rotatable bonds is 5. The predicted molar refractivity (Wildman–Crippen MR) is 88.5 cm³/mol. The summed E-state index contributed by atoms with van der Waals surface area (Å²) >= 11 is 10.4. The van der Waals surface area contributed by atoms with E-state index in [-0.39, 0.29) is 17.2 Å². The Kier molecular flexibility index (Phi) is 5.15. The number of nitrogen functional groups attached to an aromatic ring is 1. The van der Waals surface area contributed by atoms with E-state index in [1.54, 1.807) is 12.1 Å². The molecule has 2 aromatic rings. The van der Waals surface area contributed by atoms with Crippen molar-refractivity contribution >= 4 is 54.6 Å². The van der Waals surface area contributed by atoms with Crippen LogP contribution in [-0.2, 0) is 16.6 Å². The van der Waals surface area contributed by atoms with Crippen LogP contribution in [0.5, 0.6) is 5.75 Å². The van der Waals surface area contributed by atoms with Gasteiger partial charge in [0.1, 0.15) is 10.6 Å². The molecule has 1 aromatic heterocycles. The Morgan fingerprint density at radius 1 is 1.43 bits per heavy atom. The number of nitrogens with one attached hydrogen (secondary N) is 1. The third-order valence-electron chi connectivity index (χ3n) is 2.64. The molecule has 1 heterocycles. The molecule has 0 saturated heterocycles. The van der Waals surface area contributed by atoms with Gasteiger partial charge in [-0.15, -0.1) is 11.3 Å². The molecule has 21 heavy (non-hydrogen) atoms. The average Bonchev–Trinajstić information content (AvgIpc) is 2.85. The highest BCUT2D eigenvalue weighted by Gasteiger charge is 2.21. The van der Waals surface area contributed by atoms with Crippen molar-refractivity contribution < 1.29 is 13.2 Å². The molecule has 0 amide bonds. The SMILES string of the molecule is COc1cc(Br)c(N)cc1S(=O)(=O)NCc1ccc(Cl)s1. The Morgan fingerprint density at radius 2 is 2.14 bits per heavy atom. The average molecular weight is 412 g/mol. The minimum Gasteiger partial charge on any atom is -0.495 e. The molecule has 0 fully saturated rings. The van der Waals surface area contributed by atoms with E-state index in [0.717, 1.165) is 4.88 Å². The lowest BCUT2D eigenvalue weighted by atomic mass is 10.3. The van der Waals surface area contributed by atoms with Crippen molar-refractivity contribution in [3.05, 3.63) is 38.0 Å². The van der Waals surface area contributed by atoms with E-state index >= 15 is 0 Å². The van der Waals surface area contributed by atoms with Crippen LogP contribution in [-0.4, -0.2) is 15.5 Å². The molecule has 9 heteroatoms. The second-order valence-corrected chi connectivity index (χ2v) is 8.44. The molecule has 0 saturated carbocycles. The first kappa shape index (κ1) is 16.6. The molecule has 0 aliphatic rings. The summed E-state index contributed by atoms with van der Waals surface area (Å²) in [5.74, 6) is 0.216. The molecule has 0 bridgehead atoms. The first-order valence-corrected chi connectivity index (χ1v) is 9.17. The molecule has 1 aromatic carbocycles. The van der Waals surface area contributed by atoms with Crippen LogP contribution < -0.4 is 15.2 Å². The molecule has 2 rings (SSSR count). The zero-order valence-corrected chi connectivity index (χ0v) is 14.9. The maximum Gasteiger partial charge on any atom is 0.244 e. The van der Waals surface area contributed by atoms with E-state index in [4.69, 9.17) is 22.1 Å². The Balaban J connectivity index is 2.28. The number of ether oxygens (including phenoxy) is 1. The smallest absolute Gasteiger partial charge is 0.244 e. The van der Waals surface area contributed by atoms with Crippen LogP contribution in [0.3, 0.4) is 0 Å². The van der Waals surface area contributed by atoms with Gasteiger partial charge in [-0.25, -0.2) is 13.1 Å². The minimum absolute atomic E-state index is 0.00615. The Labute approximate surface area is 140 Å². The van der Waals surface area contributed by atoms with E-state index in [1.807, 2.05) is 0 Å². The number of halogens is 2. The number of methoxy groups -OCH3 is 1. The van der Waals surface area contributed by atoms with Crippen molar-refractivity contribution in [2.45, 2.75) is 11.4 Å². The molecule has 0 aliphatic heterocycles. The maximum atomic E-state index is 12.4. The first-order chi connectivity index (χ1) is 9.83. The third kappa shape index (κ3) is 3.89. The lowest BCUT2D eigenvalue weighted by molar-refractivity contribution is 0.402. The molecule has 0 unspecified atom stereocenters. The quantitative estimate of drug-likeness (QED) is 0.740. The molecule has 5 nitrogen and oxygen atoms in total. The number of anilines is 1. The monoisotopic (exact) mass is 410 g/mol. The summed E-state index contributed by atoms with van der Waals surface area (Å²) in [4.78, 5) is 0.806. The van der Waals surface area contributed by atoms with E-state index in [2.05, 4.69) is 20.7 Å². The van der Waals surface area contributed by atoms with E-state index in [9.17, 15) is 8.42 Å². The molecule has 0 radical (unpaired) electrons. The lowest BCUT2D eigenvalue weighted by Crippen LogP contribution is -2.23. The highest BCUT2D eigenvalue weighted by Crippen LogP contribution is 2.32. The van der Waals surface area contributed by atoms with E-state index < -0.39 is 10.0 Å². The van der Waals surface area contributed by atoms with Crippen molar-refractivity contribution in [1.29, 1.82) is 0 Å². The van der Waals surface area contributed by atoms with E-state index in [0.29, 0.717) is 14.5 Å². The van der Waals surface area contributed by atoms with Crippen molar-refractivity contribution in [1.82, 2.24) is 4.72 Å². The van der Waals surface area contributed by atoms with E-state index in [1.165, 1.54) is 30.6 Å². The van der Waals surface area contributed by atoms with Crippen molar-refractivity contribution in [3.8, 4) is 5.75 Å². The molecular weight excluding hydrogens is 400 g/mol. The number of sulfonamides is 1. The molecule has 114 valence electrons. The first-order valence-electron chi connectivity index (χ1n) is 5.70. The second-order valence-electron chi connectivity index (χ2n) is 4.05. The summed E-state index contributed by atoms with van der Waals surface area (Å²) in [5, 5.41) is 0. The van der Waals surface area contributed by atoms with Gasteiger partial charge in [-0.2, -0.15) is 0 Å². The van der Waals surface area contributed by atoms with Crippen LogP contribution in [0.25, 0.3) is 0 Å². The van der Waals surface area contributed by atoms with Crippen LogP contribution in [0, 0.1) is 0 Å². The summed E-state index contributed by atoms with van der Waals surface area (Å²) in [6.07, 6.45) is 0. The van der Waals surface area contributed by atoms with Crippen LogP contribution in [0.4, 0.5) is 5.69 Å². The molecule has 3 N–H and O–H groups in total. The van der Waals surface area contributed by atoms with Gasteiger partial charge in [0.25, 0.3) is 0 Å². The van der Waals surface area contributed by atoms with Gasteiger partial charge in [0.15, 0.2) is 0 Å². The Bertz CT molecular complexity index is 762. The molecule has 0 atom stereocenters. The fourth-order valence-electron chi connectivity index (χ4n) is 1.61. The highest BCUT2D eigenvalue weighted by molar-refractivity contribution is 9.10. The van der Waals surface area contributed by atoms with Crippen molar-refractivity contribution in [2.24, 2.45) is 0 Å². The molecule has 0 aliphatic carbocycles. The van der Waals surface area contributed by atoms with Crippen LogP contribution in [0.2, 0.25) is 4.34 Å². The molecule has 0 spiro atoms. The van der Waals surface area contributed by atoms with Gasteiger partial charge in [0.05, 0.1) is 11.4 Å². The standard InChI is InChI=1S/C12H12BrClN2O3S2/c1-19-10-4-8(13)9(15)5-11(10)21(17,18)16-6-7-2-3-12(14)20-7/h2-5,16H,6,15H2,1H3. The zero-order chi connectivity index (χ0) is 15.6. The summed E-state index contributed by atoms with van der Waals surface area (Å²) in [5.41, 5.74) is 6.06. The minimum atomic E-state index is -3.74. The molecular formula is C12H12BrClN2O3S2. The summed E-state index contributed by atoms with van der Waals surface area (Å²) in [7, 11) is -2.34. The van der Waals surface area contributed by atoms with Gasteiger partial charge < -0.3 is 10.5 Å². The van der Waals surface area contributed by atoms with Crippen LogP contribution >= 0.6 is 38.9 Å². The predicted octanol–water partition coefficient (Wildman–Crippen LogP) is 3.23. The fraction of sp³-hybridized carbons (Fsp3) is 0.167. The number of hydrogen-bond acceptors (Lipinski definition) is 5. The van der Waals surface area contributed by atoms with Gasteiger partial charge in [-0.05, 0) is 40.2 Å². The Morgan fingerprint density at radius 3 is 2.71 bits per heavy atom.